The van der Waals surface area contributed by atoms with Gasteiger partial charge in [0.2, 0.25) is 0 Å². The lowest BCUT2D eigenvalue weighted by atomic mass is 9.95. The van der Waals surface area contributed by atoms with Crippen molar-refractivity contribution < 1.29 is 0 Å². The largest absolute Gasteiger partial charge is 0.397 e. The van der Waals surface area contributed by atoms with Crippen LogP contribution in [0.15, 0.2) is 23.5 Å². The van der Waals surface area contributed by atoms with Crippen molar-refractivity contribution in [1.82, 2.24) is 5.32 Å². The van der Waals surface area contributed by atoms with Crippen molar-refractivity contribution in [3.05, 3.63) is 23.5 Å². The monoisotopic (exact) mass is 214 g/mol. The molecule has 0 aromatic carbocycles. The summed E-state index contributed by atoms with van der Waals surface area (Å²) in [6.45, 7) is 1.06. The second-order valence-corrected chi connectivity index (χ2v) is 4.05. The van der Waals surface area contributed by atoms with Crippen LogP contribution in [0.3, 0.4) is 0 Å². The molecule has 2 rings (SSSR count). The minimum absolute atomic E-state index is 0.472. The Hall–Kier alpha value is -0.440. The van der Waals surface area contributed by atoms with Gasteiger partial charge in [-0.2, -0.15) is 0 Å². The van der Waals surface area contributed by atoms with Crippen molar-refractivity contribution in [3.8, 4) is 0 Å². The standard InChI is InChI=1S/C8H11BrN2/c9-6-1-2-7(10)8-5(6)3-4-11-8/h1-2,5-6,11H,3-4,10H2. The fraction of sp³-hybridized carbons (Fsp3) is 0.500. The zero-order valence-electron chi connectivity index (χ0n) is 6.18. The van der Waals surface area contributed by atoms with Gasteiger partial charge in [0.25, 0.3) is 0 Å². The third kappa shape index (κ3) is 1.07. The fourth-order valence-corrected chi connectivity index (χ4v) is 2.37. The van der Waals surface area contributed by atoms with Crippen LogP contribution < -0.4 is 11.1 Å². The molecule has 2 atom stereocenters. The average Bonchev–Trinajstić information content (AvgIpc) is 2.45. The highest BCUT2D eigenvalue weighted by Crippen LogP contribution is 2.32. The zero-order chi connectivity index (χ0) is 7.84. The van der Waals surface area contributed by atoms with Gasteiger partial charge in [-0.1, -0.05) is 22.0 Å². The van der Waals surface area contributed by atoms with Gasteiger partial charge in [0.05, 0.1) is 5.70 Å². The Morgan fingerprint density at radius 3 is 3.18 bits per heavy atom. The van der Waals surface area contributed by atoms with Gasteiger partial charge in [0.1, 0.15) is 0 Å². The Morgan fingerprint density at radius 2 is 2.45 bits per heavy atom. The van der Waals surface area contributed by atoms with Crippen molar-refractivity contribution in [3.63, 3.8) is 0 Å². The second-order valence-electron chi connectivity index (χ2n) is 2.99. The molecule has 1 saturated heterocycles. The van der Waals surface area contributed by atoms with Gasteiger partial charge >= 0.3 is 0 Å². The molecule has 11 heavy (non-hydrogen) atoms. The molecule has 3 N–H and O–H groups in total. The average molecular weight is 215 g/mol. The van der Waals surface area contributed by atoms with Crippen LogP contribution in [0.4, 0.5) is 0 Å². The molecule has 0 spiro atoms. The molecule has 0 amide bonds. The van der Waals surface area contributed by atoms with Crippen LogP contribution in [-0.2, 0) is 0 Å². The van der Waals surface area contributed by atoms with E-state index in [2.05, 4.69) is 27.3 Å². The van der Waals surface area contributed by atoms with Crippen molar-refractivity contribution in [2.24, 2.45) is 11.7 Å². The molecule has 3 heteroatoms. The number of halogens is 1. The number of rotatable bonds is 0. The molecule has 2 unspecified atom stereocenters. The first kappa shape index (κ1) is 7.22. The van der Waals surface area contributed by atoms with E-state index in [0.717, 1.165) is 12.2 Å². The molecule has 2 aliphatic rings. The van der Waals surface area contributed by atoms with Gasteiger partial charge < -0.3 is 11.1 Å². The summed E-state index contributed by atoms with van der Waals surface area (Å²) in [4.78, 5) is 0.472. The minimum Gasteiger partial charge on any atom is -0.397 e. The highest BCUT2D eigenvalue weighted by molar-refractivity contribution is 9.09. The number of nitrogens with one attached hydrogen (secondary N) is 1. The summed E-state index contributed by atoms with van der Waals surface area (Å²) in [7, 11) is 0. The van der Waals surface area contributed by atoms with Crippen LogP contribution in [-0.4, -0.2) is 11.4 Å². The minimum atomic E-state index is 0.472. The van der Waals surface area contributed by atoms with E-state index in [4.69, 9.17) is 5.73 Å². The van der Waals surface area contributed by atoms with Gasteiger partial charge in [-0.15, -0.1) is 0 Å². The normalized spacial score (nSPS) is 35.4. The first-order valence-electron chi connectivity index (χ1n) is 3.85. The first-order chi connectivity index (χ1) is 5.29. The molecule has 0 saturated carbocycles. The van der Waals surface area contributed by atoms with Crippen LogP contribution >= 0.6 is 15.9 Å². The Bertz CT molecular complexity index is 232. The summed E-state index contributed by atoms with van der Waals surface area (Å²) in [6.07, 6.45) is 5.29. The summed E-state index contributed by atoms with van der Waals surface area (Å²) in [5.41, 5.74) is 7.93. The Kier molecular flexibility index (Phi) is 1.68. The highest BCUT2D eigenvalue weighted by Gasteiger charge is 2.29. The van der Waals surface area contributed by atoms with E-state index in [-0.39, 0.29) is 0 Å². The highest BCUT2D eigenvalue weighted by atomic mass is 79.9. The molecular weight excluding hydrogens is 204 g/mol. The summed E-state index contributed by atoms with van der Waals surface area (Å²) in [5.74, 6) is 0.583. The maximum absolute atomic E-state index is 5.79. The predicted octanol–water partition coefficient (Wildman–Crippen LogP) is 1.10. The van der Waals surface area contributed by atoms with E-state index in [9.17, 15) is 0 Å². The van der Waals surface area contributed by atoms with E-state index in [1.165, 1.54) is 12.1 Å². The molecule has 1 heterocycles. The topological polar surface area (TPSA) is 38.0 Å². The van der Waals surface area contributed by atoms with Gasteiger partial charge in [-0.3, -0.25) is 0 Å². The zero-order valence-corrected chi connectivity index (χ0v) is 7.76. The number of nitrogens with two attached hydrogens (primary N) is 1. The fourth-order valence-electron chi connectivity index (χ4n) is 1.69. The first-order valence-corrected chi connectivity index (χ1v) is 4.76. The quantitative estimate of drug-likeness (QED) is 0.594. The van der Waals surface area contributed by atoms with Crippen molar-refractivity contribution in [1.29, 1.82) is 0 Å². The van der Waals surface area contributed by atoms with Crippen LogP contribution in [0.1, 0.15) is 6.42 Å². The third-order valence-electron chi connectivity index (χ3n) is 2.30. The molecule has 60 valence electrons. The van der Waals surface area contributed by atoms with E-state index < -0.39 is 0 Å². The van der Waals surface area contributed by atoms with Crippen molar-refractivity contribution in [2.45, 2.75) is 11.2 Å². The van der Waals surface area contributed by atoms with Crippen LogP contribution in [0.5, 0.6) is 0 Å². The molecular formula is C8H11BrN2. The molecule has 1 fully saturated rings. The molecule has 2 nitrogen and oxygen atoms in total. The molecule has 0 aromatic rings. The molecule has 0 aromatic heterocycles. The maximum atomic E-state index is 5.79. The number of hydrogen-bond donors (Lipinski definition) is 2. The Morgan fingerprint density at radius 1 is 1.64 bits per heavy atom. The predicted molar refractivity (Wildman–Crippen MR) is 49.2 cm³/mol. The Labute approximate surface area is 74.7 Å². The smallest absolute Gasteiger partial charge is 0.0507 e. The van der Waals surface area contributed by atoms with E-state index in [1.807, 2.05) is 6.08 Å². The lowest BCUT2D eigenvalue weighted by molar-refractivity contribution is 0.659. The van der Waals surface area contributed by atoms with Crippen molar-refractivity contribution >= 4 is 15.9 Å². The van der Waals surface area contributed by atoms with E-state index >= 15 is 0 Å². The SMILES string of the molecule is NC1=C2NCCC2C(Br)C=C1. The van der Waals surface area contributed by atoms with E-state index in [0.29, 0.717) is 10.7 Å². The summed E-state index contributed by atoms with van der Waals surface area (Å²) in [5, 5.41) is 3.31. The summed E-state index contributed by atoms with van der Waals surface area (Å²) in [6, 6.07) is 0. The van der Waals surface area contributed by atoms with Gasteiger partial charge in [0, 0.05) is 23.0 Å². The lowest BCUT2D eigenvalue weighted by Crippen LogP contribution is -2.22. The third-order valence-corrected chi connectivity index (χ3v) is 3.24. The van der Waals surface area contributed by atoms with Crippen LogP contribution in [0.25, 0.3) is 0 Å². The van der Waals surface area contributed by atoms with Gasteiger partial charge in [0.15, 0.2) is 0 Å². The summed E-state index contributed by atoms with van der Waals surface area (Å²) >= 11 is 3.61. The number of fused-ring (bicyclic) bond motifs is 1. The molecule has 1 aliphatic heterocycles. The van der Waals surface area contributed by atoms with Crippen molar-refractivity contribution in [2.75, 3.05) is 6.54 Å². The number of hydrogen-bond acceptors (Lipinski definition) is 2. The molecule has 0 bridgehead atoms. The second kappa shape index (κ2) is 2.55. The van der Waals surface area contributed by atoms with Gasteiger partial charge in [-0.25, -0.2) is 0 Å². The van der Waals surface area contributed by atoms with Gasteiger partial charge in [-0.05, 0) is 12.5 Å². The van der Waals surface area contributed by atoms with Crippen LogP contribution in [0, 0.1) is 5.92 Å². The number of alkyl halides is 1. The van der Waals surface area contributed by atoms with Crippen LogP contribution in [0.2, 0.25) is 0 Å². The van der Waals surface area contributed by atoms with E-state index in [1.54, 1.807) is 0 Å². The summed E-state index contributed by atoms with van der Waals surface area (Å²) < 4.78 is 0. The number of allylic oxidation sites excluding steroid dienone is 3. The maximum Gasteiger partial charge on any atom is 0.0507 e. The lowest BCUT2D eigenvalue weighted by Gasteiger charge is -2.20. The molecule has 0 radical (unpaired) electrons. The molecule has 1 aliphatic carbocycles. The Balaban J connectivity index is 2.34.